The van der Waals surface area contributed by atoms with Gasteiger partial charge in [0, 0.05) is 36.0 Å². The van der Waals surface area contributed by atoms with Crippen molar-refractivity contribution in [2.24, 2.45) is 0 Å². The molecule has 1 amide bonds. The zero-order valence-electron chi connectivity index (χ0n) is 18.8. The molecule has 0 aliphatic carbocycles. The highest BCUT2D eigenvalue weighted by Crippen LogP contribution is 2.30. The molecule has 3 aromatic heterocycles. The first-order valence-corrected chi connectivity index (χ1v) is 10.7. The molecule has 3 N–H and O–H groups in total. The van der Waals surface area contributed by atoms with Crippen LogP contribution in [0.5, 0.6) is 0 Å². The summed E-state index contributed by atoms with van der Waals surface area (Å²) in [6.45, 7) is 4.04. The largest absolute Gasteiger partial charge is 0.383 e. The number of carbonyl (C=O) groups is 1. The second-order valence-corrected chi connectivity index (χ2v) is 8.31. The molecule has 4 heterocycles. The van der Waals surface area contributed by atoms with Crippen LogP contribution in [0.25, 0.3) is 27.6 Å². The Morgan fingerprint density at radius 2 is 1.82 bits per heavy atom. The highest BCUT2D eigenvalue weighted by molar-refractivity contribution is 5.95. The number of rotatable bonds is 3. The van der Waals surface area contributed by atoms with Gasteiger partial charge in [0.1, 0.15) is 17.5 Å². The number of likely N-dealkylation sites (N-methyl/N-ethyl adjacent to an activating group) is 1. The summed E-state index contributed by atoms with van der Waals surface area (Å²) in [5.74, 6) is 1.72. The fourth-order valence-corrected chi connectivity index (χ4v) is 4.14. The molecule has 0 bridgehead atoms. The van der Waals surface area contributed by atoms with Crippen molar-refractivity contribution in [3.8, 4) is 11.3 Å². The van der Waals surface area contributed by atoms with E-state index >= 15 is 0 Å². The van der Waals surface area contributed by atoms with E-state index in [1.165, 1.54) is 0 Å². The minimum absolute atomic E-state index is 0.00768. The van der Waals surface area contributed by atoms with Crippen LogP contribution >= 0.6 is 0 Å². The van der Waals surface area contributed by atoms with Crippen LogP contribution in [0.2, 0.25) is 0 Å². The average Bonchev–Trinajstić information content (AvgIpc) is 2.89. The molecule has 0 spiro atoms. The van der Waals surface area contributed by atoms with Crippen molar-refractivity contribution >= 4 is 39.7 Å². The maximum absolute atomic E-state index is 12.3. The van der Waals surface area contributed by atoms with Gasteiger partial charge in [-0.2, -0.15) is 0 Å². The van der Waals surface area contributed by atoms with Crippen molar-refractivity contribution in [1.29, 1.82) is 0 Å². The van der Waals surface area contributed by atoms with Gasteiger partial charge in [-0.3, -0.25) is 4.79 Å². The highest BCUT2D eigenvalue weighted by atomic mass is 16.2. The number of aryl methyl sites for hydroxylation is 1. The monoisotopic (exact) mass is 436 g/mol. The number of nitrogens with one attached hydrogen (secondary N) is 1. The van der Waals surface area contributed by atoms with E-state index < -0.39 is 0 Å². The van der Waals surface area contributed by atoms with E-state index in [4.69, 9.17) is 10.7 Å². The lowest BCUT2D eigenvalue weighted by Crippen LogP contribution is -2.22. The van der Waals surface area contributed by atoms with Crippen molar-refractivity contribution in [3.05, 3.63) is 77.7 Å². The maximum atomic E-state index is 12.3. The lowest BCUT2D eigenvalue weighted by atomic mass is 10.0. The van der Waals surface area contributed by atoms with Gasteiger partial charge in [-0.25, -0.2) is 15.0 Å². The van der Waals surface area contributed by atoms with Crippen LogP contribution < -0.4 is 11.1 Å². The lowest BCUT2D eigenvalue weighted by Gasteiger charge is -2.12. The zero-order chi connectivity index (χ0) is 23.1. The van der Waals surface area contributed by atoms with E-state index in [-0.39, 0.29) is 12.3 Å². The molecule has 0 radical (unpaired) electrons. The number of fused-ring (bicyclic) bond motifs is 2. The third-order valence-corrected chi connectivity index (χ3v) is 5.92. The highest BCUT2D eigenvalue weighted by Gasteiger charge is 2.19. The minimum atomic E-state index is 0.00768. The lowest BCUT2D eigenvalue weighted by molar-refractivity contribution is -0.126. The molecular formula is C26H24N6O. The number of nitrogen functional groups attached to an aromatic ring is 1. The number of amides is 1. The van der Waals surface area contributed by atoms with Crippen molar-refractivity contribution in [1.82, 2.24) is 19.9 Å². The smallest absolute Gasteiger partial charge is 0.232 e. The van der Waals surface area contributed by atoms with E-state index in [2.05, 4.69) is 28.3 Å². The van der Waals surface area contributed by atoms with Crippen LogP contribution in [0.3, 0.4) is 0 Å². The molecule has 1 aliphatic heterocycles. The van der Waals surface area contributed by atoms with Crippen LogP contribution in [0.4, 0.5) is 17.5 Å². The predicted octanol–water partition coefficient (Wildman–Crippen LogP) is 4.70. The normalized spacial score (nSPS) is 13.5. The Hall–Kier alpha value is -4.26. The molecule has 0 saturated carbocycles. The van der Waals surface area contributed by atoms with Crippen molar-refractivity contribution in [3.63, 3.8) is 0 Å². The Labute approximate surface area is 192 Å². The first-order chi connectivity index (χ1) is 15.9. The summed E-state index contributed by atoms with van der Waals surface area (Å²) in [7, 11) is 1.77. The molecule has 1 aromatic carbocycles. The molecule has 5 rings (SSSR count). The number of aromatic nitrogens is 3. The van der Waals surface area contributed by atoms with Gasteiger partial charge >= 0.3 is 0 Å². The molecule has 4 aromatic rings. The summed E-state index contributed by atoms with van der Waals surface area (Å²) in [6, 6.07) is 15.9. The summed E-state index contributed by atoms with van der Waals surface area (Å²) in [5, 5.41) is 5.00. The molecule has 33 heavy (non-hydrogen) atoms. The molecule has 1 aliphatic rings. The number of allylic oxidation sites excluding steroid dienone is 1. The second kappa shape index (κ2) is 8.02. The number of anilines is 3. The van der Waals surface area contributed by atoms with Crippen LogP contribution in [0, 0.1) is 6.92 Å². The summed E-state index contributed by atoms with van der Waals surface area (Å²) in [6.07, 6.45) is 3.82. The molecule has 0 unspecified atom stereocenters. The zero-order valence-corrected chi connectivity index (χ0v) is 18.8. The van der Waals surface area contributed by atoms with Crippen LogP contribution in [-0.2, 0) is 11.2 Å². The van der Waals surface area contributed by atoms with Crippen LogP contribution in [0.15, 0.2) is 60.9 Å². The van der Waals surface area contributed by atoms with Crippen molar-refractivity contribution in [2.75, 3.05) is 18.1 Å². The number of hydrogen-bond acceptors (Lipinski definition) is 6. The Kier molecular flexibility index (Phi) is 5.01. The maximum Gasteiger partial charge on any atom is 0.232 e. The summed E-state index contributed by atoms with van der Waals surface area (Å²) >= 11 is 0. The van der Waals surface area contributed by atoms with Gasteiger partial charge in [-0.05, 0) is 54.6 Å². The number of nitrogens with two attached hydrogens (primary N) is 1. The molecule has 7 heteroatoms. The van der Waals surface area contributed by atoms with Crippen LogP contribution in [-0.4, -0.2) is 32.8 Å². The van der Waals surface area contributed by atoms with Gasteiger partial charge in [-0.15, -0.1) is 0 Å². The van der Waals surface area contributed by atoms with Crippen molar-refractivity contribution < 1.29 is 4.79 Å². The van der Waals surface area contributed by atoms with Gasteiger partial charge < -0.3 is 16.0 Å². The fourth-order valence-electron chi connectivity index (χ4n) is 4.14. The number of hydrogen-bond donors (Lipinski definition) is 2. The quantitative estimate of drug-likeness (QED) is 0.483. The van der Waals surface area contributed by atoms with Crippen LogP contribution in [0.1, 0.15) is 23.7 Å². The van der Waals surface area contributed by atoms with Gasteiger partial charge in [0.15, 0.2) is 0 Å². The number of nitrogens with zero attached hydrogens (tertiary/aromatic N) is 4. The van der Waals surface area contributed by atoms with Gasteiger partial charge in [0.05, 0.1) is 17.8 Å². The van der Waals surface area contributed by atoms with Gasteiger partial charge in [0.2, 0.25) is 5.91 Å². The molecule has 0 fully saturated rings. The summed E-state index contributed by atoms with van der Waals surface area (Å²) in [4.78, 5) is 27.7. The second-order valence-electron chi connectivity index (χ2n) is 8.31. The fraction of sp³-hybridized carbons (Fsp3) is 0.154. The SMILES string of the molecule is CC1=CN(C)C(=O)Cc2nc(Nc3cc4cc(-c5ccccc5C)nc(N)c4cn3)ccc21. The molecular weight excluding hydrogens is 412 g/mol. The van der Waals surface area contributed by atoms with E-state index in [9.17, 15) is 4.79 Å². The predicted molar refractivity (Wildman–Crippen MR) is 132 cm³/mol. The Bertz CT molecular complexity index is 1440. The van der Waals surface area contributed by atoms with Gasteiger partial charge in [-0.1, -0.05) is 24.3 Å². The molecule has 0 saturated heterocycles. The molecule has 0 atom stereocenters. The van der Waals surface area contributed by atoms with Gasteiger partial charge in [0.25, 0.3) is 0 Å². The Morgan fingerprint density at radius 1 is 1.00 bits per heavy atom. The van der Waals surface area contributed by atoms with E-state index in [1.54, 1.807) is 18.1 Å². The third kappa shape index (κ3) is 3.89. The number of carbonyl (C=O) groups excluding carboxylic acids is 1. The molecule has 164 valence electrons. The van der Waals surface area contributed by atoms with E-state index in [0.29, 0.717) is 17.5 Å². The third-order valence-electron chi connectivity index (χ3n) is 5.92. The Morgan fingerprint density at radius 3 is 2.64 bits per heavy atom. The summed E-state index contributed by atoms with van der Waals surface area (Å²) < 4.78 is 0. The topological polar surface area (TPSA) is 97.0 Å². The Balaban J connectivity index is 1.50. The first-order valence-electron chi connectivity index (χ1n) is 10.7. The van der Waals surface area contributed by atoms with Crippen molar-refractivity contribution in [2.45, 2.75) is 20.3 Å². The summed E-state index contributed by atoms with van der Waals surface area (Å²) in [5.41, 5.74) is 12.0. The number of pyridine rings is 3. The number of benzene rings is 1. The standard InChI is InChI=1S/C26H24N6O/c1-15-6-4-5-7-18(15)21-10-17-11-24(28-13-20(17)26(27)30-21)31-23-9-8-19-16(2)14-32(3)25(33)12-22(19)29-23/h4-11,13-14H,12H2,1-3H3,(H2,27,30)(H,28,29,31). The van der Waals surface area contributed by atoms with E-state index in [1.807, 2.05) is 55.6 Å². The minimum Gasteiger partial charge on any atom is -0.383 e. The first kappa shape index (κ1) is 20.6. The molecule has 7 nitrogen and oxygen atoms in total. The average molecular weight is 437 g/mol. The van der Waals surface area contributed by atoms with E-state index in [0.717, 1.165) is 44.4 Å².